The minimum absolute atomic E-state index is 0.206. The molecule has 0 spiro atoms. The van der Waals surface area contributed by atoms with E-state index in [1.165, 1.54) is 12.1 Å². The number of nitrogens with zero attached hydrogens (tertiary/aromatic N) is 2. The Morgan fingerprint density at radius 1 is 0.963 bits per heavy atom. The van der Waals surface area contributed by atoms with Gasteiger partial charge in [0, 0.05) is 38.4 Å². The number of β-amino-alcohol motifs (C(OH)–C–C–N with tert-alkyl or cyclic N) is 1. The van der Waals surface area contributed by atoms with E-state index in [0.29, 0.717) is 44.2 Å². The van der Waals surface area contributed by atoms with Gasteiger partial charge in [0.15, 0.2) is 0 Å². The van der Waals surface area contributed by atoms with E-state index in [0.717, 1.165) is 6.07 Å². The zero-order chi connectivity index (χ0) is 19.3. The summed E-state index contributed by atoms with van der Waals surface area (Å²) in [7, 11) is 0. The number of para-hydroxylation sites is 1. The van der Waals surface area contributed by atoms with Crippen molar-refractivity contribution in [2.45, 2.75) is 12.3 Å². The molecule has 2 aromatic rings. The fourth-order valence-electron chi connectivity index (χ4n) is 3.13. The number of alkyl halides is 3. The number of hydrogen-bond acceptors (Lipinski definition) is 4. The third-order valence-electron chi connectivity index (χ3n) is 4.57. The van der Waals surface area contributed by atoms with Gasteiger partial charge in [0.25, 0.3) is 0 Å². The van der Waals surface area contributed by atoms with Crippen molar-refractivity contribution in [2.24, 2.45) is 0 Å². The number of benzene rings is 2. The molecule has 4 nitrogen and oxygen atoms in total. The van der Waals surface area contributed by atoms with Crippen molar-refractivity contribution < 1.29 is 23.0 Å². The highest BCUT2D eigenvalue weighted by Gasteiger charge is 2.31. The summed E-state index contributed by atoms with van der Waals surface area (Å²) in [6.07, 6.45) is -4.95. The van der Waals surface area contributed by atoms with Crippen LogP contribution in [0.2, 0.25) is 0 Å². The van der Waals surface area contributed by atoms with Gasteiger partial charge in [-0.3, -0.25) is 4.90 Å². The number of aliphatic hydroxyl groups excluding tert-OH is 1. The van der Waals surface area contributed by atoms with Gasteiger partial charge in [0.2, 0.25) is 0 Å². The van der Waals surface area contributed by atoms with Crippen molar-refractivity contribution >= 4 is 5.69 Å². The quantitative estimate of drug-likeness (QED) is 0.835. The molecule has 0 amide bonds. The monoisotopic (exact) mass is 380 g/mol. The van der Waals surface area contributed by atoms with E-state index in [1.807, 2.05) is 35.2 Å². The Bertz CT molecular complexity index is 717. The van der Waals surface area contributed by atoms with Gasteiger partial charge in [-0.1, -0.05) is 24.3 Å². The number of ether oxygens (including phenoxy) is 1. The Hall–Kier alpha value is -2.25. The number of rotatable bonds is 6. The van der Waals surface area contributed by atoms with E-state index in [-0.39, 0.29) is 6.61 Å². The third kappa shape index (κ3) is 5.61. The standard InChI is InChI=1S/C20H23F3N2O2/c21-20(22,23)16-5-4-6-17(13-16)25-11-9-24(10-12-25)14-18(26)15-27-19-7-2-1-3-8-19/h1-8,13,18,26H,9-12,14-15H2/t18-/m1/s1. The summed E-state index contributed by atoms with van der Waals surface area (Å²) < 4.78 is 44.2. The molecule has 1 atom stereocenters. The molecular formula is C20H23F3N2O2. The molecule has 1 aliphatic rings. The first-order valence-corrected chi connectivity index (χ1v) is 8.92. The molecule has 146 valence electrons. The zero-order valence-corrected chi connectivity index (χ0v) is 14.9. The third-order valence-corrected chi connectivity index (χ3v) is 4.57. The molecule has 2 aromatic carbocycles. The summed E-state index contributed by atoms with van der Waals surface area (Å²) in [6, 6.07) is 14.7. The lowest BCUT2D eigenvalue weighted by Crippen LogP contribution is -2.49. The first kappa shape index (κ1) is 19.5. The Kier molecular flexibility index (Phi) is 6.23. The molecule has 1 aliphatic heterocycles. The molecule has 0 unspecified atom stereocenters. The van der Waals surface area contributed by atoms with E-state index in [2.05, 4.69) is 4.90 Å². The van der Waals surface area contributed by atoms with Crippen LogP contribution in [-0.2, 0) is 6.18 Å². The molecule has 0 radical (unpaired) electrons. The smallest absolute Gasteiger partial charge is 0.416 e. The second kappa shape index (κ2) is 8.63. The van der Waals surface area contributed by atoms with Crippen LogP contribution in [0.25, 0.3) is 0 Å². The van der Waals surface area contributed by atoms with Crippen LogP contribution in [0.3, 0.4) is 0 Å². The number of halogens is 3. The molecule has 1 N–H and O–H groups in total. The molecule has 27 heavy (non-hydrogen) atoms. The Morgan fingerprint density at radius 3 is 2.33 bits per heavy atom. The van der Waals surface area contributed by atoms with Crippen LogP contribution in [-0.4, -0.2) is 55.4 Å². The molecule has 0 aliphatic carbocycles. The van der Waals surface area contributed by atoms with Crippen LogP contribution in [0.5, 0.6) is 5.75 Å². The molecule has 0 bridgehead atoms. The SMILES string of the molecule is O[C@@H](COc1ccccc1)CN1CCN(c2cccc(C(F)(F)F)c2)CC1. The molecule has 1 fully saturated rings. The lowest BCUT2D eigenvalue weighted by atomic mass is 10.1. The Morgan fingerprint density at radius 2 is 1.67 bits per heavy atom. The predicted octanol–water partition coefficient (Wildman–Crippen LogP) is 3.27. The van der Waals surface area contributed by atoms with Crippen LogP contribution in [0.4, 0.5) is 18.9 Å². The molecule has 0 saturated carbocycles. The summed E-state index contributed by atoms with van der Waals surface area (Å²) in [5, 5.41) is 10.2. The zero-order valence-electron chi connectivity index (χ0n) is 14.9. The van der Waals surface area contributed by atoms with E-state index in [9.17, 15) is 18.3 Å². The van der Waals surface area contributed by atoms with Gasteiger partial charge in [0.05, 0.1) is 5.56 Å². The van der Waals surface area contributed by atoms with Gasteiger partial charge in [0.1, 0.15) is 18.5 Å². The van der Waals surface area contributed by atoms with Crippen molar-refractivity contribution in [1.82, 2.24) is 4.90 Å². The molecule has 3 rings (SSSR count). The molecule has 1 saturated heterocycles. The van der Waals surface area contributed by atoms with E-state index < -0.39 is 17.8 Å². The highest BCUT2D eigenvalue weighted by Crippen LogP contribution is 2.31. The highest BCUT2D eigenvalue weighted by atomic mass is 19.4. The highest BCUT2D eigenvalue weighted by molar-refractivity contribution is 5.49. The fourth-order valence-corrected chi connectivity index (χ4v) is 3.13. The van der Waals surface area contributed by atoms with Crippen molar-refractivity contribution in [3.05, 3.63) is 60.2 Å². The van der Waals surface area contributed by atoms with Gasteiger partial charge in [-0.05, 0) is 30.3 Å². The number of aliphatic hydroxyl groups is 1. The van der Waals surface area contributed by atoms with Crippen LogP contribution >= 0.6 is 0 Å². The lowest BCUT2D eigenvalue weighted by molar-refractivity contribution is -0.137. The number of anilines is 1. The van der Waals surface area contributed by atoms with Crippen LogP contribution < -0.4 is 9.64 Å². The van der Waals surface area contributed by atoms with Crippen molar-refractivity contribution in [2.75, 3.05) is 44.2 Å². The first-order valence-electron chi connectivity index (χ1n) is 8.92. The maximum absolute atomic E-state index is 12.9. The lowest BCUT2D eigenvalue weighted by Gasteiger charge is -2.37. The van der Waals surface area contributed by atoms with E-state index in [1.54, 1.807) is 6.07 Å². The van der Waals surface area contributed by atoms with Gasteiger partial charge in [-0.25, -0.2) is 0 Å². The Labute approximate surface area is 156 Å². The van der Waals surface area contributed by atoms with Gasteiger partial charge in [-0.2, -0.15) is 13.2 Å². The summed E-state index contributed by atoms with van der Waals surface area (Å²) in [4.78, 5) is 4.04. The Balaban J connectivity index is 1.46. The predicted molar refractivity (Wildman–Crippen MR) is 98.0 cm³/mol. The second-order valence-electron chi connectivity index (χ2n) is 6.61. The summed E-state index contributed by atoms with van der Waals surface area (Å²) >= 11 is 0. The minimum atomic E-state index is -4.33. The van der Waals surface area contributed by atoms with Gasteiger partial charge in [-0.15, -0.1) is 0 Å². The summed E-state index contributed by atoms with van der Waals surface area (Å²) in [5.74, 6) is 0.714. The number of hydrogen-bond donors (Lipinski definition) is 1. The van der Waals surface area contributed by atoms with Crippen molar-refractivity contribution in [3.63, 3.8) is 0 Å². The maximum atomic E-state index is 12.9. The van der Waals surface area contributed by atoms with Crippen LogP contribution in [0.1, 0.15) is 5.56 Å². The molecule has 7 heteroatoms. The van der Waals surface area contributed by atoms with Gasteiger partial charge >= 0.3 is 6.18 Å². The fraction of sp³-hybridized carbons (Fsp3) is 0.400. The van der Waals surface area contributed by atoms with Gasteiger partial charge < -0.3 is 14.7 Å². The average molecular weight is 380 g/mol. The minimum Gasteiger partial charge on any atom is -0.491 e. The van der Waals surface area contributed by atoms with Crippen molar-refractivity contribution in [1.29, 1.82) is 0 Å². The molecule has 0 aromatic heterocycles. The summed E-state index contributed by atoms with van der Waals surface area (Å²) in [5.41, 5.74) is -0.0478. The summed E-state index contributed by atoms with van der Waals surface area (Å²) in [6.45, 7) is 3.28. The van der Waals surface area contributed by atoms with Crippen LogP contribution in [0, 0.1) is 0 Å². The van der Waals surface area contributed by atoms with Crippen molar-refractivity contribution in [3.8, 4) is 5.75 Å². The normalized spacial score (nSPS) is 17.0. The second-order valence-corrected chi connectivity index (χ2v) is 6.61. The molecule has 1 heterocycles. The van der Waals surface area contributed by atoms with Crippen LogP contribution in [0.15, 0.2) is 54.6 Å². The first-order chi connectivity index (χ1) is 12.9. The maximum Gasteiger partial charge on any atom is 0.416 e. The number of piperazine rings is 1. The topological polar surface area (TPSA) is 35.9 Å². The van der Waals surface area contributed by atoms with E-state index in [4.69, 9.17) is 4.74 Å². The van der Waals surface area contributed by atoms with E-state index >= 15 is 0 Å². The average Bonchev–Trinajstić information content (AvgIpc) is 2.67. The molecular weight excluding hydrogens is 357 g/mol. The largest absolute Gasteiger partial charge is 0.491 e.